The molecule has 2 aromatic rings. The number of pyridine rings is 1. The molecule has 2 heterocycles. The molecule has 7 heteroatoms. The molecule has 0 unspecified atom stereocenters. The van der Waals surface area contributed by atoms with Crippen LogP contribution in [-0.2, 0) is 0 Å². The van der Waals surface area contributed by atoms with Crippen LogP contribution in [0.15, 0.2) is 35.4 Å². The van der Waals surface area contributed by atoms with Gasteiger partial charge < -0.3 is 9.84 Å². The largest absolute Gasteiger partial charge is 0.480 e. The number of nitrogens with zero attached hydrogens (tertiary/aromatic N) is 4. The van der Waals surface area contributed by atoms with E-state index in [1.807, 2.05) is 25.1 Å². The zero-order valence-electron chi connectivity index (χ0n) is 17.1. The van der Waals surface area contributed by atoms with Crippen molar-refractivity contribution >= 4 is 17.4 Å². The molecule has 30 heavy (non-hydrogen) atoms. The molecule has 4 rings (SSSR count). The van der Waals surface area contributed by atoms with Crippen LogP contribution in [0.2, 0.25) is 0 Å². The summed E-state index contributed by atoms with van der Waals surface area (Å²) in [6.45, 7) is 1.93. The summed E-state index contributed by atoms with van der Waals surface area (Å²) in [6.07, 6.45) is 5.56. The molecule has 0 saturated heterocycles. The molecule has 1 aromatic heterocycles. The first-order chi connectivity index (χ1) is 14.5. The zero-order chi connectivity index (χ0) is 21.3. The Morgan fingerprint density at radius 2 is 2.03 bits per heavy atom. The highest BCUT2D eigenvalue weighted by atomic mass is 16.5. The average Bonchev–Trinajstić information content (AvgIpc) is 3.43. The molecule has 1 saturated carbocycles. The number of carbonyl (C=O) groups is 1. The minimum atomic E-state index is -1.07. The molecule has 2 aliphatic rings. The predicted octanol–water partition coefficient (Wildman–Crippen LogP) is 4.14. The van der Waals surface area contributed by atoms with E-state index in [1.165, 1.54) is 38.9 Å². The molecule has 0 radical (unpaired) electrons. The number of methoxy groups -OCH3 is 1. The van der Waals surface area contributed by atoms with Gasteiger partial charge in [0.25, 0.3) is 0 Å². The molecule has 1 fully saturated rings. The number of nitriles is 1. The summed E-state index contributed by atoms with van der Waals surface area (Å²) < 4.78 is 5.20. The third-order valence-corrected chi connectivity index (χ3v) is 6.06. The minimum Gasteiger partial charge on any atom is -0.480 e. The Bertz CT molecular complexity index is 1050. The summed E-state index contributed by atoms with van der Waals surface area (Å²) in [4.78, 5) is 15.8. The van der Waals surface area contributed by atoms with Crippen molar-refractivity contribution in [3.05, 3.63) is 52.7 Å². The van der Waals surface area contributed by atoms with E-state index < -0.39 is 5.97 Å². The van der Waals surface area contributed by atoms with E-state index in [0.29, 0.717) is 17.2 Å². The van der Waals surface area contributed by atoms with E-state index in [4.69, 9.17) is 9.84 Å². The van der Waals surface area contributed by atoms with E-state index in [9.17, 15) is 15.2 Å². The molecular formula is C23H24N4O3. The van der Waals surface area contributed by atoms with Gasteiger partial charge in [0.05, 0.1) is 41.9 Å². The summed E-state index contributed by atoms with van der Waals surface area (Å²) in [5.74, 6) is -0.437. The van der Waals surface area contributed by atoms with Gasteiger partial charge in [-0.1, -0.05) is 12.8 Å². The Kier molecular flexibility index (Phi) is 5.40. The summed E-state index contributed by atoms with van der Waals surface area (Å²) in [5.41, 5.74) is 4.04. The van der Waals surface area contributed by atoms with Crippen molar-refractivity contribution in [3.63, 3.8) is 0 Å². The van der Waals surface area contributed by atoms with Crippen molar-refractivity contribution in [3.8, 4) is 11.9 Å². The van der Waals surface area contributed by atoms with Gasteiger partial charge in [0, 0.05) is 6.42 Å². The normalized spacial score (nSPS) is 18.9. The van der Waals surface area contributed by atoms with Crippen molar-refractivity contribution in [2.24, 2.45) is 11.0 Å². The van der Waals surface area contributed by atoms with E-state index >= 15 is 0 Å². The molecule has 1 N–H and O–H groups in total. The number of hydrazone groups is 1. The van der Waals surface area contributed by atoms with Crippen LogP contribution in [0, 0.1) is 24.2 Å². The van der Waals surface area contributed by atoms with Crippen LogP contribution in [-0.4, -0.2) is 34.9 Å². The Hall–Kier alpha value is -3.40. The van der Waals surface area contributed by atoms with Gasteiger partial charge in [-0.05, 0) is 61.6 Å². The van der Waals surface area contributed by atoms with E-state index in [1.54, 1.807) is 6.07 Å². The van der Waals surface area contributed by atoms with Gasteiger partial charge in [0.15, 0.2) is 0 Å². The van der Waals surface area contributed by atoms with Gasteiger partial charge in [0.2, 0.25) is 5.88 Å². The summed E-state index contributed by atoms with van der Waals surface area (Å²) in [6, 6.07) is 11.5. The Morgan fingerprint density at radius 1 is 1.27 bits per heavy atom. The first-order valence-corrected chi connectivity index (χ1v) is 10.2. The van der Waals surface area contributed by atoms with Gasteiger partial charge in [-0.15, -0.1) is 0 Å². The van der Waals surface area contributed by atoms with Gasteiger partial charge in [-0.25, -0.2) is 9.78 Å². The lowest BCUT2D eigenvalue weighted by Gasteiger charge is -2.28. The fourth-order valence-electron chi connectivity index (χ4n) is 4.48. The molecule has 1 aliphatic heterocycles. The number of aromatic nitrogens is 1. The Labute approximate surface area is 175 Å². The third-order valence-electron chi connectivity index (χ3n) is 6.06. The van der Waals surface area contributed by atoms with E-state index in [-0.39, 0.29) is 17.5 Å². The fourth-order valence-corrected chi connectivity index (χ4v) is 4.48. The zero-order valence-corrected chi connectivity index (χ0v) is 17.1. The standard InChI is InChI=1S/C23H24N4O3/c1-14-11-17(8-7-16(14)13-24)27-21(15-5-3-4-6-15)12-20(26-27)19-10-9-18(23(28)29)22(25-19)30-2/h7-11,15,21H,3-6,12H2,1-2H3,(H,28,29)/t21-/m0/s1. The minimum absolute atomic E-state index is 0.0340. The van der Waals surface area contributed by atoms with Gasteiger partial charge in [-0.3, -0.25) is 5.01 Å². The van der Waals surface area contributed by atoms with Crippen LogP contribution < -0.4 is 9.75 Å². The maximum Gasteiger partial charge on any atom is 0.341 e. The Balaban J connectivity index is 1.72. The number of benzene rings is 1. The second-order valence-corrected chi connectivity index (χ2v) is 7.88. The van der Waals surface area contributed by atoms with Gasteiger partial charge >= 0.3 is 5.97 Å². The van der Waals surface area contributed by atoms with Crippen molar-refractivity contribution in [1.29, 1.82) is 5.26 Å². The maximum atomic E-state index is 11.4. The van der Waals surface area contributed by atoms with Crippen molar-refractivity contribution in [2.75, 3.05) is 12.1 Å². The van der Waals surface area contributed by atoms with Gasteiger partial charge in [0.1, 0.15) is 5.56 Å². The SMILES string of the molecule is COc1nc(C2=NN(c3ccc(C#N)c(C)c3)[C@H](C3CCCC3)C2)ccc1C(=O)O. The summed E-state index contributed by atoms with van der Waals surface area (Å²) in [7, 11) is 1.42. The smallest absolute Gasteiger partial charge is 0.341 e. The van der Waals surface area contributed by atoms with Crippen molar-refractivity contribution < 1.29 is 14.6 Å². The molecule has 1 aromatic carbocycles. The molecule has 1 aliphatic carbocycles. The van der Waals surface area contributed by atoms with Crippen LogP contribution >= 0.6 is 0 Å². The number of carboxylic acids is 1. The number of ether oxygens (including phenoxy) is 1. The Morgan fingerprint density at radius 3 is 2.67 bits per heavy atom. The number of carboxylic acid groups (broad SMARTS) is 1. The predicted molar refractivity (Wildman–Crippen MR) is 113 cm³/mol. The number of rotatable bonds is 5. The lowest BCUT2D eigenvalue weighted by atomic mass is 9.92. The highest BCUT2D eigenvalue weighted by Crippen LogP contribution is 2.38. The van der Waals surface area contributed by atoms with Crippen LogP contribution in [0.5, 0.6) is 5.88 Å². The fraction of sp³-hybridized carbons (Fsp3) is 0.391. The van der Waals surface area contributed by atoms with E-state index in [0.717, 1.165) is 23.4 Å². The van der Waals surface area contributed by atoms with Crippen LogP contribution in [0.1, 0.15) is 59.3 Å². The summed E-state index contributed by atoms with van der Waals surface area (Å²) >= 11 is 0. The molecular weight excluding hydrogens is 380 g/mol. The molecule has 0 bridgehead atoms. The maximum absolute atomic E-state index is 11.4. The molecule has 0 amide bonds. The number of hydrogen-bond donors (Lipinski definition) is 1. The second-order valence-electron chi connectivity index (χ2n) is 7.88. The number of hydrogen-bond acceptors (Lipinski definition) is 6. The van der Waals surface area contributed by atoms with Crippen molar-refractivity contribution in [1.82, 2.24) is 4.98 Å². The topological polar surface area (TPSA) is 98.8 Å². The lowest BCUT2D eigenvalue weighted by Crippen LogP contribution is -2.32. The average molecular weight is 404 g/mol. The lowest BCUT2D eigenvalue weighted by molar-refractivity contribution is 0.0692. The van der Waals surface area contributed by atoms with Gasteiger partial charge in [-0.2, -0.15) is 10.4 Å². The van der Waals surface area contributed by atoms with Crippen LogP contribution in [0.4, 0.5) is 5.69 Å². The molecule has 0 spiro atoms. The van der Waals surface area contributed by atoms with Crippen molar-refractivity contribution in [2.45, 2.75) is 45.1 Å². The number of aromatic carboxylic acids is 1. The highest BCUT2D eigenvalue weighted by molar-refractivity contribution is 6.02. The second kappa shape index (κ2) is 8.15. The summed E-state index contributed by atoms with van der Waals surface area (Å²) in [5, 5.41) is 25.5. The quantitative estimate of drug-likeness (QED) is 0.804. The van der Waals surface area contributed by atoms with Crippen LogP contribution in [0.25, 0.3) is 0 Å². The first-order valence-electron chi connectivity index (χ1n) is 10.2. The highest BCUT2D eigenvalue weighted by Gasteiger charge is 2.36. The molecule has 154 valence electrons. The monoisotopic (exact) mass is 404 g/mol. The van der Waals surface area contributed by atoms with Crippen LogP contribution in [0.3, 0.4) is 0 Å². The van der Waals surface area contributed by atoms with E-state index in [2.05, 4.69) is 16.1 Å². The number of anilines is 1. The molecule has 7 nitrogen and oxygen atoms in total. The number of aryl methyl sites for hydroxylation is 1. The third kappa shape index (κ3) is 3.61. The first kappa shape index (κ1) is 19.9. The molecule has 1 atom stereocenters.